The Bertz CT molecular complexity index is 943. The van der Waals surface area contributed by atoms with Gasteiger partial charge in [-0.05, 0) is 48.0 Å². The molecule has 2 aromatic carbocycles. The molecule has 5 nitrogen and oxygen atoms in total. The van der Waals surface area contributed by atoms with Crippen LogP contribution in [0.25, 0.3) is 22.4 Å². The Morgan fingerprint density at radius 2 is 1.31 bits per heavy atom. The molecule has 3 aromatic rings. The third-order valence-corrected chi connectivity index (χ3v) is 4.07. The summed E-state index contributed by atoms with van der Waals surface area (Å²) in [6.07, 6.45) is 0. The topological polar surface area (TPSA) is 64.4 Å². The second-order valence-corrected chi connectivity index (χ2v) is 5.51. The third-order valence-electron chi connectivity index (χ3n) is 4.07. The Kier molecular flexibility index (Phi) is 5.04. The van der Waals surface area contributed by atoms with E-state index in [0.717, 1.165) is 33.9 Å². The van der Waals surface area contributed by atoms with E-state index in [1.165, 1.54) is 7.11 Å². The normalized spacial score (nSPS) is 10.1. The third kappa shape index (κ3) is 3.31. The summed E-state index contributed by atoms with van der Waals surface area (Å²) < 4.78 is 15.7. The number of rotatable bonds is 5. The van der Waals surface area contributed by atoms with Gasteiger partial charge in [0.1, 0.15) is 23.1 Å². The van der Waals surface area contributed by atoms with Gasteiger partial charge in [-0.3, -0.25) is 0 Å². The average Bonchev–Trinajstić information content (AvgIpc) is 2.73. The number of nitrogens with zero attached hydrogens (tertiary/aromatic N) is 2. The minimum absolute atomic E-state index is 0.301. The minimum Gasteiger partial charge on any atom is -0.497 e. The Morgan fingerprint density at radius 3 is 1.77 bits per heavy atom. The Morgan fingerprint density at radius 1 is 0.769 bits per heavy atom. The van der Waals surface area contributed by atoms with Crippen molar-refractivity contribution in [2.75, 3.05) is 21.3 Å². The summed E-state index contributed by atoms with van der Waals surface area (Å²) in [5.74, 6) is 1.83. The molecule has 0 fully saturated rings. The fourth-order valence-electron chi connectivity index (χ4n) is 2.69. The molecule has 3 rings (SSSR count). The molecule has 0 saturated carbocycles. The van der Waals surface area contributed by atoms with Gasteiger partial charge in [-0.2, -0.15) is 5.26 Å². The van der Waals surface area contributed by atoms with Gasteiger partial charge in [-0.15, -0.1) is 0 Å². The highest BCUT2D eigenvalue weighted by Gasteiger charge is 2.15. The first-order valence-corrected chi connectivity index (χ1v) is 7.98. The predicted molar refractivity (Wildman–Crippen MR) is 99.5 cm³/mol. The Labute approximate surface area is 152 Å². The van der Waals surface area contributed by atoms with Crippen LogP contribution in [0.5, 0.6) is 17.4 Å². The zero-order valence-electron chi connectivity index (χ0n) is 14.8. The van der Waals surface area contributed by atoms with E-state index in [2.05, 4.69) is 11.1 Å². The first kappa shape index (κ1) is 17.3. The van der Waals surface area contributed by atoms with Gasteiger partial charge < -0.3 is 14.2 Å². The van der Waals surface area contributed by atoms with Crippen LogP contribution < -0.4 is 14.2 Å². The maximum absolute atomic E-state index is 9.43. The molecule has 0 aliphatic rings. The molecule has 0 aliphatic carbocycles. The number of aromatic nitrogens is 1. The number of pyridine rings is 1. The number of benzene rings is 2. The molecule has 5 heteroatoms. The van der Waals surface area contributed by atoms with Crippen LogP contribution in [-0.2, 0) is 0 Å². The Balaban J connectivity index is 2.20. The van der Waals surface area contributed by atoms with E-state index in [-0.39, 0.29) is 0 Å². The summed E-state index contributed by atoms with van der Waals surface area (Å²) >= 11 is 0. The van der Waals surface area contributed by atoms with Gasteiger partial charge >= 0.3 is 0 Å². The van der Waals surface area contributed by atoms with E-state index >= 15 is 0 Å². The van der Waals surface area contributed by atoms with Crippen molar-refractivity contribution >= 4 is 0 Å². The lowest BCUT2D eigenvalue weighted by atomic mass is 9.97. The van der Waals surface area contributed by atoms with Gasteiger partial charge in [0.05, 0.1) is 27.0 Å². The summed E-state index contributed by atoms with van der Waals surface area (Å²) in [5.41, 5.74) is 3.79. The predicted octanol–water partition coefficient (Wildman–Crippen LogP) is 4.31. The molecule has 0 spiro atoms. The molecule has 26 heavy (non-hydrogen) atoms. The molecule has 0 aliphatic heterocycles. The van der Waals surface area contributed by atoms with Crippen molar-refractivity contribution in [3.8, 4) is 45.8 Å². The SMILES string of the molecule is COc1ccc(-c2cc(C#N)c(OC)nc2-c2ccc(OC)cc2)cc1. The van der Waals surface area contributed by atoms with Crippen molar-refractivity contribution in [1.82, 2.24) is 4.98 Å². The molecule has 0 N–H and O–H groups in total. The lowest BCUT2D eigenvalue weighted by molar-refractivity contribution is 0.397. The molecular weight excluding hydrogens is 328 g/mol. The van der Waals surface area contributed by atoms with Crippen LogP contribution >= 0.6 is 0 Å². The average molecular weight is 346 g/mol. The number of ether oxygens (including phenoxy) is 3. The van der Waals surface area contributed by atoms with E-state index < -0.39 is 0 Å². The van der Waals surface area contributed by atoms with Gasteiger partial charge in [0.25, 0.3) is 0 Å². The highest BCUT2D eigenvalue weighted by atomic mass is 16.5. The standard InChI is InChI=1S/C21H18N2O3/c1-24-17-8-4-14(5-9-17)19-12-16(13-22)21(26-3)23-20(19)15-6-10-18(25-2)11-7-15/h4-12H,1-3H3. The van der Waals surface area contributed by atoms with Crippen LogP contribution in [0.3, 0.4) is 0 Å². The van der Waals surface area contributed by atoms with Crippen LogP contribution in [0.1, 0.15) is 5.56 Å². The largest absolute Gasteiger partial charge is 0.497 e. The van der Waals surface area contributed by atoms with E-state index in [0.29, 0.717) is 11.4 Å². The lowest BCUT2D eigenvalue weighted by Gasteiger charge is -2.13. The van der Waals surface area contributed by atoms with Crippen LogP contribution in [0, 0.1) is 11.3 Å². The fraction of sp³-hybridized carbons (Fsp3) is 0.143. The van der Waals surface area contributed by atoms with Gasteiger partial charge in [0.15, 0.2) is 0 Å². The van der Waals surface area contributed by atoms with Gasteiger partial charge in [-0.1, -0.05) is 12.1 Å². The molecule has 0 atom stereocenters. The first-order valence-electron chi connectivity index (χ1n) is 7.98. The molecule has 1 aromatic heterocycles. The van der Waals surface area contributed by atoms with Crippen molar-refractivity contribution in [2.45, 2.75) is 0 Å². The molecule has 1 heterocycles. The van der Waals surface area contributed by atoms with Crippen molar-refractivity contribution in [3.63, 3.8) is 0 Å². The minimum atomic E-state index is 0.301. The van der Waals surface area contributed by atoms with Crippen molar-refractivity contribution in [3.05, 3.63) is 60.2 Å². The second-order valence-electron chi connectivity index (χ2n) is 5.51. The van der Waals surface area contributed by atoms with Gasteiger partial charge in [-0.25, -0.2) is 4.98 Å². The van der Waals surface area contributed by atoms with E-state index in [9.17, 15) is 5.26 Å². The molecular formula is C21H18N2O3. The molecule has 130 valence electrons. The first-order chi connectivity index (χ1) is 12.7. The summed E-state index contributed by atoms with van der Waals surface area (Å²) in [7, 11) is 4.76. The number of hydrogen-bond acceptors (Lipinski definition) is 5. The zero-order chi connectivity index (χ0) is 18.5. The van der Waals surface area contributed by atoms with Crippen molar-refractivity contribution in [2.24, 2.45) is 0 Å². The van der Waals surface area contributed by atoms with E-state index in [1.54, 1.807) is 20.3 Å². The van der Waals surface area contributed by atoms with Gasteiger partial charge in [0.2, 0.25) is 5.88 Å². The van der Waals surface area contributed by atoms with Crippen molar-refractivity contribution in [1.29, 1.82) is 5.26 Å². The van der Waals surface area contributed by atoms with Crippen LogP contribution in [0.2, 0.25) is 0 Å². The molecule has 0 radical (unpaired) electrons. The molecule has 0 saturated heterocycles. The van der Waals surface area contributed by atoms with E-state index in [4.69, 9.17) is 14.2 Å². The van der Waals surface area contributed by atoms with Crippen LogP contribution in [0.4, 0.5) is 0 Å². The van der Waals surface area contributed by atoms with Crippen LogP contribution in [-0.4, -0.2) is 26.3 Å². The van der Waals surface area contributed by atoms with Crippen molar-refractivity contribution < 1.29 is 14.2 Å². The smallest absolute Gasteiger partial charge is 0.232 e. The van der Waals surface area contributed by atoms with E-state index in [1.807, 2.05) is 48.5 Å². The summed E-state index contributed by atoms with van der Waals surface area (Å²) in [4.78, 5) is 4.59. The number of methoxy groups -OCH3 is 3. The fourth-order valence-corrected chi connectivity index (χ4v) is 2.69. The summed E-state index contributed by atoms with van der Waals surface area (Å²) in [5, 5.41) is 9.43. The maximum atomic E-state index is 9.43. The quantitative estimate of drug-likeness (QED) is 0.689. The van der Waals surface area contributed by atoms with Crippen LogP contribution in [0.15, 0.2) is 54.6 Å². The lowest BCUT2D eigenvalue weighted by Crippen LogP contribution is -1.97. The second kappa shape index (κ2) is 7.58. The maximum Gasteiger partial charge on any atom is 0.232 e. The highest BCUT2D eigenvalue weighted by molar-refractivity contribution is 5.82. The molecule has 0 bridgehead atoms. The molecule has 0 amide bonds. The summed E-state index contributed by atoms with van der Waals surface area (Å²) in [6, 6.07) is 19.2. The number of hydrogen-bond donors (Lipinski definition) is 0. The summed E-state index contributed by atoms with van der Waals surface area (Å²) in [6.45, 7) is 0. The van der Waals surface area contributed by atoms with Gasteiger partial charge in [0, 0.05) is 11.1 Å². The number of nitriles is 1. The highest BCUT2D eigenvalue weighted by Crippen LogP contribution is 2.35. The molecule has 0 unspecified atom stereocenters. The zero-order valence-corrected chi connectivity index (χ0v) is 14.8. The monoisotopic (exact) mass is 346 g/mol. The Hall–Kier alpha value is -3.52.